The van der Waals surface area contributed by atoms with E-state index in [-0.39, 0.29) is 19.8 Å². The fourth-order valence-electron chi connectivity index (χ4n) is 1.42. The zero-order chi connectivity index (χ0) is 14.6. The van der Waals surface area contributed by atoms with Gasteiger partial charge in [-0.2, -0.15) is 0 Å². The van der Waals surface area contributed by atoms with Crippen molar-refractivity contribution < 1.29 is 15.3 Å². The minimum Gasteiger partial charge on any atom is -0.396 e. The summed E-state index contributed by atoms with van der Waals surface area (Å²) in [5, 5.41) is 26.1. The first-order valence-electron chi connectivity index (χ1n) is 7.40. The molecule has 114 valence electrons. The minimum absolute atomic E-state index is 0.149. The van der Waals surface area contributed by atoms with E-state index in [1.54, 1.807) is 0 Å². The van der Waals surface area contributed by atoms with Crippen molar-refractivity contribution in [2.24, 2.45) is 0 Å². The molecule has 0 saturated carbocycles. The molecule has 4 heteroatoms. The fourth-order valence-corrected chi connectivity index (χ4v) is 1.42. The van der Waals surface area contributed by atoms with Gasteiger partial charge in [0.05, 0.1) is 13.2 Å². The summed E-state index contributed by atoms with van der Waals surface area (Å²) < 4.78 is 0. The van der Waals surface area contributed by atoms with Gasteiger partial charge < -0.3 is 15.3 Å². The lowest BCUT2D eigenvalue weighted by molar-refractivity contribution is 0.159. The molecule has 4 nitrogen and oxygen atoms in total. The second kappa shape index (κ2) is 25.6. The van der Waals surface area contributed by atoms with Crippen LogP contribution in [0.15, 0.2) is 0 Å². The third kappa shape index (κ3) is 21.2. The molecule has 0 saturated heterocycles. The third-order valence-electron chi connectivity index (χ3n) is 2.21. The Morgan fingerprint density at radius 3 is 1.39 bits per heavy atom. The highest BCUT2D eigenvalue weighted by Gasteiger charge is 2.02. The highest BCUT2D eigenvalue weighted by atomic mass is 16.3. The molecule has 0 bridgehead atoms. The summed E-state index contributed by atoms with van der Waals surface area (Å²) >= 11 is 0. The summed E-state index contributed by atoms with van der Waals surface area (Å²) in [5.41, 5.74) is 0. The SMILES string of the molecule is CC.CC.OCCCCCCN(CCO)CCO. The molecule has 0 aliphatic heterocycles. The van der Waals surface area contributed by atoms with E-state index in [1.807, 2.05) is 27.7 Å². The Balaban J connectivity index is -0.000000506. The highest BCUT2D eigenvalue weighted by molar-refractivity contribution is 4.56. The summed E-state index contributed by atoms with van der Waals surface area (Å²) in [5.74, 6) is 0. The summed E-state index contributed by atoms with van der Waals surface area (Å²) in [4.78, 5) is 2.05. The van der Waals surface area contributed by atoms with Crippen molar-refractivity contribution >= 4 is 0 Å². The van der Waals surface area contributed by atoms with E-state index in [2.05, 4.69) is 4.90 Å². The van der Waals surface area contributed by atoms with E-state index >= 15 is 0 Å². The number of aliphatic hydroxyl groups is 3. The molecule has 0 unspecified atom stereocenters. The third-order valence-corrected chi connectivity index (χ3v) is 2.21. The molecule has 0 aliphatic carbocycles. The Morgan fingerprint density at radius 2 is 1.00 bits per heavy atom. The molecule has 0 atom stereocenters. The largest absolute Gasteiger partial charge is 0.396 e. The van der Waals surface area contributed by atoms with Gasteiger partial charge in [-0.1, -0.05) is 40.5 Å². The van der Waals surface area contributed by atoms with E-state index in [4.69, 9.17) is 15.3 Å². The number of unbranched alkanes of at least 4 members (excludes halogenated alkanes) is 3. The lowest BCUT2D eigenvalue weighted by Gasteiger charge is -2.19. The van der Waals surface area contributed by atoms with Crippen molar-refractivity contribution in [3.05, 3.63) is 0 Å². The Hall–Kier alpha value is -0.160. The lowest BCUT2D eigenvalue weighted by Crippen LogP contribution is -2.30. The average molecular weight is 265 g/mol. The van der Waals surface area contributed by atoms with Crippen molar-refractivity contribution in [2.45, 2.75) is 53.4 Å². The number of rotatable bonds is 10. The van der Waals surface area contributed by atoms with Crippen LogP contribution in [-0.2, 0) is 0 Å². The van der Waals surface area contributed by atoms with Crippen LogP contribution in [0.2, 0.25) is 0 Å². The molecule has 0 radical (unpaired) electrons. The molecule has 0 aliphatic rings. The van der Waals surface area contributed by atoms with Gasteiger partial charge in [0.1, 0.15) is 0 Å². The fraction of sp³-hybridized carbons (Fsp3) is 1.00. The van der Waals surface area contributed by atoms with Crippen molar-refractivity contribution in [1.82, 2.24) is 4.90 Å². The predicted octanol–water partition coefficient (Wildman–Crippen LogP) is 1.88. The van der Waals surface area contributed by atoms with Crippen LogP contribution in [0.3, 0.4) is 0 Å². The van der Waals surface area contributed by atoms with Gasteiger partial charge in [0.2, 0.25) is 0 Å². The van der Waals surface area contributed by atoms with Gasteiger partial charge in [-0.25, -0.2) is 0 Å². The normalized spacial score (nSPS) is 9.33. The molecular weight excluding hydrogens is 230 g/mol. The first-order chi connectivity index (χ1) is 8.85. The molecular formula is C14H35NO3. The Morgan fingerprint density at radius 1 is 0.556 bits per heavy atom. The molecule has 0 rings (SSSR count). The van der Waals surface area contributed by atoms with Crippen molar-refractivity contribution in [2.75, 3.05) is 39.5 Å². The van der Waals surface area contributed by atoms with Crippen LogP contribution in [0.1, 0.15) is 53.4 Å². The molecule has 0 spiro atoms. The van der Waals surface area contributed by atoms with Crippen LogP contribution in [0.4, 0.5) is 0 Å². The molecule has 0 aromatic heterocycles. The van der Waals surface area contributed by atoms with Gasteiger partial charge in [-0.15, -0.1) is 0 Å². The molecule has 0 heterocycles. The highest BCUT2D eigenvalue weighted by Crippen LogP contribution is 2.01. The molecule has 0 amide bonds. The maximum absolute atomic E-state index is 8.75. The molecule has 0 aromatic carbocycles. The zero-order valence-electron chi connectivity index (χ0n) is 12.9. The van der Waals surface area contributed by atoms with Crippen LogP contribution in [0, 0.1) is 0 Å². The summed E-state index contributed by atoms with van der Waals surface area (Å²) in [6.07, 6.45) is 4.11. The number of hydrogen-bond donors (Lipinski definition) is 3. The van der Waals surface area contributed by atoms with Crippen LogP contribution >= 0.6 is 0 Å². The van der Waals surface area contributed by atoms with Gasteiger partial charge in [-0.05, 0) is 19.4 Å². The van der Waals surface area contributed by atoms with Gasteiger partial charge in [-0.3, -0.25) is 4.90 Å². The quantitative estimate of drug-likeness (QED) is 0.528. The van der Waals surface area contributed by atoms with Crippen molar-refractivity contribution in [3.8, 4) is 0 Å². The molecule has 0 fully saturated rings. The second-order valence-corrected chi connectivity index (χ2v) is 3.43. The summed E-state index contributed by atoms with van der Waals surface area (Å²) in [6, 6.07) is 0. The number of hydrogen-bond acceptors (Lipinski definition) is 4. The average Bonchev–Trinajstić information content (AvgIpc) is 2.43. The zero-order valence-corrected chi connectivity index (χ0v) is 12.9. The minimum atomic E-state index is 0.149. The van der Waals surface area contributed by atoms with Gasteiger partial charge in [0, 0.05) is 19.7 Å². The van der Waals surface area contributed by atoms with Crippen LogP contribution in [0.5, 0.6) is 0 Å². The van der Waals surface area contributed by atoms with E-state index in [1.165, 1.54) is 0 Å². The summed E-state index contributed by atoms with van der Waals surface area (Å²) in [7, 11) is 0. The van der Waals surface area contributed by atoms with E-state index in [0.29, 0.717) is 13.1 Å². The Kier molecular flexibility index (Phi) is 32.7. The first kappa shape index (κ1) is 23.0. The monoisotopic (exact) mass is 265 g/mol. The van der Waals surface area contributed by atoms with Crippen LogP contribution in [-0.4, -0.2) is 59.7 Å². The second-order valence-electron chi connectivity index (χ2n) is 3.43. The standard InChI is InChI=1S/C10H23NO3.2C2H6/c12-8-4-2-1-3-5-11(6-9-13)7-10-14;2*1-2/h12-14H,1-10H2;2*1-2H3. The molecule has 18 heavy (non-hydrogen) atoms. The van der Waals surface area contributed by atoms with E-state index in [9.17, 15) is 0 Å². The predicted molar refractivity (Wildman–Crippen MR) is 78.9 cm³/mol. The van der Waals surface area contributed by atoms with Gasteiger partial charge in [0.25, 0.3) is 0 Å². The smallest absolute Gasteiger partial charge is 0.0558 e. The first-order valence-corrected chi connectivity index (χ1v) is 7.40. The maximum Gasteiger partial charge on any atom is 0.0558 e. The molecule has 0 aromatic rings. The lowest BCUT2D eigenvalue weighted by atomic mass is 10.2. The summed E-state index contributed by atoms with van der Waals surface area (Å²) in [6.45, 7) is 10.8. The van der Waals surface area contributed by atoms with Crippen molar-refractivity contribution in [3.63, 3.8) is 0 Å². The van der Waals surface area contributed by atoms with Crippen LogP contribution in [0.25, 0.3) is 0 Å². The number of aliphatic hydroxyl groups excluding tert-OH is 3. The van der Waals surface area contributed by atoms with Crippen molar-refractivity contribution in [1.29, 1.82) is 0 Å². The van der Waals surface area contributed by atoms with Gasteiger partial charge >= 0.3 is 0 Å². The Bertz CT molecular complexity index is 107. The van der Waals surface area contributed by atoms with Crippen LogP contribution < -0.4 is 0 Å². The van der Waals surface area contributed by atoms with E-state index < -0.39 is 0 Å². The molecule has 3 N–H and O–H groups in total. The number of nitrogens with zero attached hydrogens (tertiary/aromatic N) is 1. The van der Waals surface area contributed by atoms with E-state index in [0.717, 1.165) is 32.2 Å². The Labute approximate surface area is 114 Å². The van der Waals surface area contributed by atoms with Gasteiger partial charge in [0.15, 0.2) is 0 Å². The maximum atomic E-state index is 8.75. The topological polar surface area (TPSA) is 63.9 Å².